The van der Waals surface area contributed by atoms with Crippen LogP contribution in [0.5, 0.6) is 0 Å². The molecule has 0 saturated heterocycles. The van der Waals surface area contributed by atoms with Crippen molar-refractivity contribution >= 4 is 21.3 Å². The van der Waals surface area contributed by atoms with Gasteiger partial charge in [-0.1, -0.05) is 36.4 Å². The molecule has 1 fully saturated rings. The molecule has 1 aliphatic rings. The molecule has 42 heavy (non-hydrogen) atoms. The van der Waals surface area contributed by atoms with Gasteiger partial charge in [0.1, 0.15) is 22.6 Å². The lowest BCUT2D eigenvalue weighted by atomic mass is 9.76. The summed E-state index contributed by atoms with van der Waals surface area (Å²) >= 11 is 0. The van der Waals surface area contributed by atoms with Gasteiger partial charge in [-0.25, -0.2) is 13.4 Å². The molecule has 13 heteroatoms. The predicted octanol–water partition coefficient (Wildman–Crippen LogP) is 3.78. The summed E-state index contributed by atoms with van der Waals surface area (Å²) in [5.74, 6) is 0.513. The first kappa shape index (κ1) is 27.9. The highest BCUT2D eigenvalue weighted by Gasteiger charge is 2.42. The molecule has 12 nitrogen and oxygen atoms in total. The van der Waals surface area contributed by atoms with Crippen molar-refractivity contribution in [3.63, 3.8) is 0 Å². The number of nitrogens with two attached hydrogens (primary N) is 1. The first-order chi connectivity index (χ1) is 20.3. The molecule has 218 valence electrons. The molecular weight excluding hydrogens is 556 g/mol. The van der Waals surface area contributed by atoms with Crippen molar-refractivity contribution in [3.8, 4) is 22.4 Å². The summed E-state index contributed by atoms with van der Waals surface area (Å²) in [6.45, 7) is 0.835. The molecule has 1 saturated carbocycles. The number of aromatic amines is 1. The van der Waals surface area contributed by atoms with Gasteiger partial charge in [0.2, 0.25) is 0 Å². The fraction of sp³-hybridized carbons (Fsp3) is 0.345. The van der Waals surface area contributed by atoms with Crippen LogP contribution < -0.4 is 5.73 Å². The van der Waals surface area contributed by atoms with Crippen LogP contribution in [-0.2, 0) is 24.9 Å². The van der Waals surface area contributed by atoms with Crippen molar-refractivity contribution in [2.75, 3.05) is 32.3 Å². The lowest BCUT2D eigenvalue weighted by Gasteiger charge is -2.38. The maximum Gasteiger partial charge on any atom is 0.180 e. The zero-order valence-electron chi connectivity index (χ0n) is 23.4. The SMILES string of the molecule is COCCOC1(c2nnc[nH]2)CCC(c2nc3c(-c4ccc(-c5ccccc5)nc4)cnn3c(N)c2S(C)(=O)=O)CC1. The molecule has 1 aromatic carbocycles. The number of hydrogen-bond donors (Lipinski definition) is 2. The zero-order chi connectivity index (χ0) is 29.3. The van der Waals surface area contributed by atoms with Crippen molar-refractivity contribution in [2.24, 2.45) is 0 Å². The van der Waals surface area contributed by atoms with E-state index in [9.17, 15) is 8.42 Å². The highest BCUT2D eigenvalue weighted by Crippen LogP contribution is 2.46. The van der Waals surface area contributed by atoms with Crippen LogP contribution in [-0.4, -0.2) is 69.8 Å². The van der Waals surface area contributed by atoms with Gasteiger partial charge >= 0.3 is 0 Å². The number of benzene rings is 1. The number of methoxy groups -OCH3 is 1. The van der Waals surface area contributed by atoms with Crippen LogP contribution in [0.25, 0.3) is 28.0 Å². The average Bonchev–Trinajstić information content (AvgIpc) is 3.69. The number of nitrogens with zero attached hydrogens (tertiary/aromatic N) is 6. The molecule has 4 aromatic heterocycles. The minimum Gasteiger partial charge on any atom is -0.382 e. The molecule has 0 bridgehead atoms. The van der Waals surface area contributed by atoms with Gasteiger partial charge in [0.05, 0.1) is 30.8 Å². The first-order valence-electron chi connectivity index (χ1n) is 13.7. The highest BCUT2D eigenvalue weighted by atomic mass is 32.2. The quantitative estimate of drug-likeness (QED) is 0.242. The van der Waals surface area contributed by atoms with Crippen LogP contribution in [0.15, 0.2) is 66.1 Å². The maximum atomic E-state index is 13.1. The Kier molecular flexibility index (Phi) is 7.47. The van der Waals surface area contributed by atoms with Crippen LogP contribution in [0.4, 0.5) is 5.82 Å². The number of anilines is 1. The molecule has 0 radical (unpaired) electrons. The summed E-state index contributed by atoms with van der Waals surface area (Å²) in [4.78, 5) is 12.7. The summed E-state index contributed by atoms with van der Waals surface area (Å²) in [5.41, 5.74) is 10.1. The summed E-state index contributed by atoms with van der Waals surface area (Å²) in [7, 11) is -2.10. The Hall–Kier alpha value is -4.20. The standard InChI is InChI=1S/C29H32N8O4S/c1-40-14-15-41-29(28-32-18-33-36-28)12-10-20(11-13-29)24-25(42(2,38)39)26(30)37-27(35-24)22(17-34-37)21-8-9-23(31-16-21)19-6-4-3-5-7-19/h3-9,16-18,20H,10-15,30H2,1-2H3,(H,32,33,36). The molecule has 3 N–H and O–H groups in total. The molecule has 1 aliphatic carbocycles. The third-order valence-electron chi connectivity index (χ3n) is 7.87. The van der Waals surface area contributed by atoms with Gasteiger partial charge in [-0.05, 0) is 31.7 Å². The second-order valence-corrected chi connectivity index (χ2v) is 12.5. The fourth-order valence-corrected chi connectivity index (χ4v) is 6.83. The van der Waals surface area contributed by atoms with E-state index in [4.69, 9.17) is 20.2 Å². The van der Waals surface area contributed by atoms with Crippen LogP contribution in [0.2, 0.25) is 0 Å². The minimum atomic E-state index is -3.72. The summed E-state index contributed by atoms with van der Waals surface area (Å²) in [5, 5.41) is 12.6. The van der Waals surface area contributed by atoms with Crippen LogP contribution in [0.1, 0.15) is 43.1 Å². The van der Waals surface area contributed by atoms with Gasteiger partial charge in [-0.2, -0.15) is 9.61 Å². The number of rotatable bonds is 9. The van der Waals surface area contributed by atoms with E-state index in [1.807, 2.05) is 42.5 Å². The fourth-order valence-electron chi connectivity index (χ4n) is 5.77. The number of sulfone groups is 1. The highest BCUT2D eigenvalue weighted by molar-refractivity contribution is 7.91. The van der Waals surface area contributed by atoms with Gasteiger partial charge in [0.25, 0.3) is 0 Å². The lowest BCUT2D eigenvalue weighted by Crippen LogP contribution is -2.37. The molecule has 0 unspecified atom stereocenters. The molecule has 5 aromatic rings. The predicted molar refractivity (Wildman–Crippen MR) is 156 cm³/mol. The van der Waals surface area contributed by atoms with Gasteiger partial charge in [0, 0.05) is 42.2 Å². The number of hydrogen-bond acceptors (Lipinski definition) is 10. The summed E-state index contributed by atoms with van der Waals surface area (Å²) < 4.78 is 39.0. The normalized spacial score (nSPS) is 19.3. The van der Waals surface area contributed by atoms with Crippen molar-refractivity contribution in [2.45, 2.75) is 42.1 Å². The van der Waals surface area contributed by atoms with Crippen molar-refractivity contribution in [3.05, 3.63) is 72.7 Å². The maximum absolute atomic E-state index is 13.1. The smallest absolute Gasteiger partial charge is 0.180 e. The van der Waals surface area contributed by atoms with E-state index in [1.165, 1.54) is 10.8 Å². The van der Waals surface area contributed by atoms with Crippen LogP contribution in [0.3, 0.4) is 0 Å². The van der Waals surface area contributed by atoms with E-state index in [0.717, 1.165) is 23.1 Å². The van der Waals surface area contributed by atoms with E-state index in [-0.39, 0.29) is 16.6 Å². The largest absolute Gasteiger partial charge is 0.382 e. The Morgan fingerprint density at radius 1 is 1.07 bits per heavy atom. The number of nitrogens with one attached hydrogen (secondary N) is 1. The Bertz CT molecular complexity index is 1780. The van der Waals surface area contributed by atoms with Crippen LogP contribution in [0, 0.1) is 0 Å². The lowest BCUT2D eigenvalue weighted by molar-refractivity contribution is -0.0977. The van der Waals surface area contributed by atoms with Crippen molar-refractivity contribution in [1.29, 1.82) is 0 Å². The number of ether oxygens (including phenoxy) is 2. The number of H-pyrrole nitrogens is 1. The molecule has 0 amide bonds. The van der Waals surface area contributed by atoms with Gasteiger partial charge in [-0.15, -0.1) is 10.2 Å². The van der Waals surface area contributed by atoms with E-state index in [2.05, 4.69) is 25.3 Å². The van der Waals surface area contributed by atoms with Gasteiger partial charge in [0.15, 0.2) is 21.3 Å². The monoisotopic (exact) mass is 588 g/mol. The van der Waals surface area contributed by atoms with Gasteiger partial charge in [-0.3, -0.25) is 4.98 Å². The first-order valence-corrected chi connectivity index (χ1v) is 15.6. The number of nitrogen functional groups attached to an aromatic ring is 1. The second-order valence-electron chi connectivity index (χ2n) is 10.5. The molecule has 0 spiro atoms. The second kappa shape index (κ2) is 11.2. The summed E-state index contributed by atoms with van der Waals surface area (Å²) in [6.07, 6.45) is 8.49. The van der Waals surface area contributed by atoms with Crippen LogP contribution >= 0.6 is 0 Å². The third kappa shape index (κ3) is 5.14. The number of aromatic nitrogens is 7. The molecule has 4 heterocycles. The number of pyridine rings is 1. The van der Waals surface area contributed by atoms with E-state index >= 15 is 0 Å². The minimum absolute atomic E-state index is 0.0136. The van der Waals surface area contributed by atoms with Crippen molar-refractivity contribution < 1.29 is 17.9 Å². The Labute approximate surface area is 243 Å². The Morgan fingerprint density at radius 2 is 1.86 bits per heavy atom. The van der Waals surface area contributed by atoms with E-state index in [0.29, 0.717) is 61.6 Å². The average molecular weight is 589 g/mol. The Balaban J connectivity index is 1.37. The molecule has 6 rings (SSSR count). The molecule has 0 atom stereocenters. The summed E-state index contributed by atoms with van der Waals surface area (Å²) in [6, 6.07) is 13.8. The third-order valence-corrected chi connectivity index (χ3v) is 9.03. The van der Waals surface area contributed by atoms with E-state index in [1.54, 1.807) is 19.5 Å². The molecular formula is C29H32N8O4S. The Morgan fingerprint density at radius 3 is 2.50 bits per heavy atom. The van der Waals surface area contributed by atoms with E-state index < -0.39 is 15.4 Å². The topological polar surface area (TPSA) is 163 Å². The zero-order valence-corrected chi connectivity index (χ0v) is 24.2. The van der Waals surface area contributed by atoms with Gasteiger partial charge < -0.3 is 20.2 Å². The number of fused-ring (bicyclic) bond motifs is 1. The van der Waals surface area contributed by atoms with Crippen molar-refractivity contribution in [1.82, 2.24) is 34.8 Å². The molecule has 0 aliphatic heterocycles.